The first-order chi connectivity index (χ1) is 12.9. The van der Waals surface area contributed by atoms with Crippen molar-refractivity contribution in [3.05, 3.63) is 52.4 Å². The average molecular weight is 391 g/mol. The first-order valence-electron chi connectivity index (χ1n) is 9.50. The maximum absolute atomic E-state index is 13.2. The van der Waals surface area contributed by atoms with Gasteiger partial charge in [0, 0.05) is 50.7 Å². The van der Waals surface area contributed by atoms with Crippen molar-refractivity contribution < 1.29 is 4.39 Å². The second-order valence-corrected chi connectivity index (χ2v) is 7.98. The van der Waals surface area contributed by atoms with Crippen LogP contribution in [0.1, 0.15) is 36.8 Å². The Bertz CT molecular complexity index is 773. The monoisotopic (exact) mass is 390 g/mol. The lowest BCUT2D eigenvalue weighted by molar-refractivity contribution is 0.352. The summed E-state index contributed by atoms with van der Waals surface area (Å²) in [6, 6.07) is 7.97. The fraction of sp³-hybridized carbons (Fsp3) is 0.476. The van der Waals surface area contributed by atoms with Crippen molar-refractivity contribution in [2.45, 2.75) is 51.2 Å². The van der Waals surface area contributed by atoms with Crippen LogP contribution in [0.5, 0.6) is 0 Å². The van der Waals surface area contributed by atoms with Crippen LogP contribution in [0.2, 0.25) is 5.02 Å². The third kappa shape index (κ3) is 5.33. The van der Waals surface area contributed by atoms with E-state index in [9.17, 15) is 4.39 Å². The zero-order chi connectivity index (χ0) is 19.4. The molecule has 0 radical (unpaired) electrons. The molecule has 1 heterocycles. The number of hydrogen-bond donors (Lipinski definition) is 2. The Labute approximate surface area is 166 Å². The third-order valence-corrected chi connectivity index (χ3v) is 5.50. The minimum Gasteiger partial charge on any atom is -0.377 e. The van der Waals surface area contributed by atoms with Crippen LogP contribution in [-0.4, -0.2) is 31.2 Å². The van der Waals surface area contributed by atoms with Gasteiger partial charge in [0.1, 0.15) is 11.6 Å². The van der Waals surface area contributed by atoms with Gasteiger partial charge in [0.2, 0.25) is 0 Å². The number of rotatable bonds is 6. The second-order valence-electron chi connectivity index (χ2n) is 7.57. The van der Waals surface area contributed by atoms with Gasteiger partial charge < -0.3 is 15.5 Å². The van der Waals surface area contributed by atoms with E-state index in [1.54, 1.807) is 12.1 Å². The Morgan fingerprint density at radius 2 is 1.85 bits per heavy atom. The molecule has 1 fully saturated rings. The van der Waals surface area contributed by atoms with E-state index in [2.05, 4.69) is 47.6 Å². The minimum atomic E-state index is -0.367. The van der Waals surface area contributed by atoms with Gasteiger partial charge in [0.15, 0.2) is 0 Å². The van der Waals surface area contributed by atoms with E-state index < -0.39 is 0 Å². The number of hydrogen-bond acceptors (Lipinski definition) is 4. The molecule has 6 heteroatoms. The summed E-state index contributed by atoms with van der Waals surface area (Å²) in [7, 11) is 4.11. The van der Waals surface area contributed by atoms with Gasteiger partial charge in [0.05, 0.1) is 5.02 Å². The van der Waals surface area contributed by atoms with Crippen molar-refractivity contribution in [1.82, 2.24) is 10.3 Å². The molecule has 0 saturated heterocycles. The summed E-state index contributed by atoms with van der Waals surface area (Å²) in [4.78, 5) is 6.65. The number of aromatic nitrogens is 1. The lowest BCUT2D eigenvalue weighted by Gasteiger charge is -2.30. The molecule has 0 unspecified atom stereocenters. The molecule has 1 saturated carbocycles. The van der Waals surface area contributed by atoms with Crippen LogP contribution in [0, 0.1) is 12.7 Å². The summed E-state index contributed by atoms with van der Waals surface area (Å²) in [5.74, 6) is 0.579. The highest BCUT2D eigenvalue weighted by Crippen LogP contribution is 2.25. The Morgan fingerprint density at radius 1 is 1.15 bits per heavy atom. The van der Waals surface area contributed by atoms with Crippen LogP contribution < -0.4 is 15.5 Å². The molecule has 0 spiro atoms. The molecule has 1 aliphatic rings. The number of halogens is 2. The van der Waals surface area contributed by atoms with Gasteiger partial charge in [-0.05, 0) is 55.9 Å². The molecule has 0 amide bonds. The van der Waals surface area contributed by atoms with Crippen LogP contribution in [0.25, 0.3) is 0 Å². The number of nitrogens with one attached hydrogen (secondary N) is 2. The van der Waals surface area contributed by atoms with Crippen molar-refractivity contribution in [3.8, 4) is 0 Å². The number of anilines is 2. The van der Waals surface area contributed by atoms with Crippen molar-refractivity contribution in [3.63, 3.8) is 0 Å². The van der Waals surface area contributed by atoms with Gasteiger partial charge in [-0.3, -0.25) is 0 Å². The van der Waals surface area contributed by atoms with E-state index >= 15 is 0 Å². The summed E-state index contributed by atoms with van der Waals surface area (Å²) in [5.41, 5.74) is 3.39. The molecule has 0 atom stereocenters. The zero-order valence-electron chi connectivity index (χ0n) is 16.2. The average Bonchev–Trinajstić information content (AvgIpc) is 2.65. The molecule has 0 aliphatic heterocycles. The van der Waals surface area contributed by atoms with Gasteiger partial charge in [0.25, 0.3) is 0 Å². The molecule has 3 rings (SSSR count). The molecule has 1 aromatic heterocycles. The van der Waals surface area contributed by atoms with Crippen molar-refractivity contribution in [2.24, 2.45) is 0 Å². The first-order valence-corrected chi connectivity index (χ1v) is 9.88. The molecule has 0 bridgehead atoms. The number of pyridine rings is 1. The fourth-order valence-electron chi connectivity index (χ4n) is 3.64. The summed E-state index contributed by atoms with van der Waals surface area (Å²) in [6.07, 6.45) is 6.36. The summed E-state index contributed by atoms with van der Waals surface area (Å²) in [5, 5.41) is 7.34. The van der Waals surface area contributed by atoms with Gasteiger partial charge in [-0.2, -0.15) is 0 Å². The van der Waals surface area contributed by atoms with E-state index in [0.717, 1.165) is 37.1 Å². The predicted molar refractivity (Wildman–Crippen MR) is 111 cm³/mol. The quantitative estimate of drug-likeness (QED) is 0.745. The van der Waals surface area contributed by atoms with Crippen LogP contribution in [-0.2, 0) is 6.54 Å². The molecule has 1 aromatic carbocycles. The van der Waals surface area contributed by atoms with Crippen LogP contribution in [0.4, 0.5) is 15.9 Å². The van der Waals surface area contributed by atoms with Crippen molar-refractivity contribution >= 4 is 23.1 Å². The van der Waals surface area contributed by atoms with Crippen molar-refractivity contribution in [2.75, 3.05) is 24.3 Å². The lowest BCUT2D eigenvalue weighted by atomic mass is 9.91. The van der Waals surface area contributed by atoms with E-state index in [4.69, 9.17) is 11.6 Å². The molecule has 146 valence electrons. The topological polar surface area (TPSA) is 40.2 Å². The lowest BCUT2D eigenvalue weighted by Crippen LogP contribution is -2.36. The Kier molecular flexibility index (Phi) is 6.55. The van der Waals surface area contributed by atoms with Gasteiger partial charge in [-0.25, -0.2) is 9.37 Å². The van der Waals surface area contributed by atoms with Crippen LogP contribution in [0.3, 0.4) is 0 Å². The molecular weight excluding hydrogens is 363 g/mol. The number of nitrogens with zero attached hydrogens (tertiary/aromatic N) is 2. The Morgan fingerprint density at radius 3 is 2.52 bits per heavy atom. The van der Waals surface area contributed by atoms with Crippen LogP contribution in [0.15, 0.2) is 30.5 Å². The molecule has 1 aliphatic carbocycles. The molecule has 4 nitrogen and oxygen atoms in total. The Balaban J connectivity index is 1.47. The van der Waals surface area contributed by atoms with Crippen molar-refractivity contribution in [1.29, 1.82) is 0 Å². The van der Waals surface area contributed by atoms with Gasteiger partial charge in [-0.15, -0.1) is 0 Å². The molecular formula is C21H28ClFN4. The van der Waals surface area contributed by atoms with E-state index in [1.165, 1.54) is 17.3 Å². The SMILES string of the molecule is Cc1cnc(N[C@H]2CC[C@@H](NCc3ccc(F)c(Cl)c3)CC2)cc1N(C)C. The van der Waals surface area contributed by atoms with E-state index in [0.29, 0.717) is 18.6 Å². The number of benzene rings is 1. The van der Waals surface area contributed by atoms with Gasteiger partial charge in [-0.1, -0.05) is 17.7 Å². The standard InChI is InChI=1S/C21H28ClFN4/c1-14-12-25-21(11-20(14)27(2)3)26-17-7-5-16(6-8-17)24-13-15-4-9-19(23)18(22)10-15/h4,9-12,16-17,24H,5-8,13H2,1-3H3,(H,25,26)/t16-,17+. The maximum atomic E-state index is 13.2. The molecule has 2 aromatic rings. The minimum absolute atomic E-state index is 0.185. The summed E-state index contributed by atoms with van der Waals surface area (Å²) in [6.45, 7) is 2.80. The van der Waals surface area contributed by atoms with E-state index in [-0.39, 0.29) is 10.8 Å². The number of aryl methyl sites for hydroxylation is 1. The van der Waals surface area contributed by atoms with Gasteiger partial charge >= 0.3 is 0 Å². The highest BCUT2D eigenvalue weighted by atomic mass is 35.5. The highest BCUT2D eigenvalue weighted by Gasteiger charge is 2.21. The normalized spacial score (nSPS) is 19.7. The largest absolute Gasteiger partial charge is 0.377 e. The second kappa shape index (κ2) is 8.89. The molecule has 27 heavy (non-hydrogen) atoms. The summed E-state index contributed by atoms with van der Waals surface area (Å²) < 4.78 is 13.2. The first kappa shape index (κ1) is 19.9. The predicted octanol–water partition coefficient (Wildman–Crippen LogP) is 4.76. The van der Waals surface area contributed by atoms with E-state index in [1.807, 2.05) is 6.20 Å². The highest BCUT2D eigenvalue weighted by molar-refractivity contribution is 6.30. The summed E-state index contributed by atoms with van der Waals surface area (Å²) >= 11 is 5.85. The van der Waals surface area contributed by atoms with Crippen LogP contribution >= 0.6 is 11.6 Å². The maximum Gasteiger partial charge on any atom is 0.141 e. The molecule has 2 N–H and O–H groups in total. The zero-order valence-corrected chi connectivity index (χ0v) is 17.0. The smallest absolute Gasteiger partial charge is 0.141 e. The third-order valence-electron chi connectivity index (χ3n) is 5.21. The Hall–Kier alpha value is -1.85. The fourth-order valence-corrected chi connectivity index (χ4v) is 3.84.